The summed E-state index contributed by atoms with van der Waals surface area (Å²) in [5, 5.41) is 18.3. The number of nitrogens with zero attached hydrogens (tertiary/aromatic N) is 2. The molecule has 4 aromatic rings. The summed E-state index contributed by atoms with van der Waals surface area (Å²) in [4.78, 5) is 17.5. The highest BCUT2D eigenvalue weighted by molar-refractivity contribution is 7.19. The molecule has 1 amide bonds. The number of carbonyl (C=O) groups excluding carboxylic acids is 1. The van der Waals surface area contributed by atoms with E-state index < -0.39 is 0 Å². The zero-order chi connectivity index (χ0) is 20.2. The molecule has 0 aliphatic carbocycles. The molecule has 0 radical (unpaired) electrons. The number of amides is 1. The van der Waals surface area contributed by atoms with Crippen LogP contribution in [0.5, 0.6) is 0 Å². The number of para-hydroxylation sites is 1. The number of nitrogen functional groups attached to an aromatic ring is 1. The molecule has 0 aliphatic heterocycles. The average molecular weight is 418 g/mol. The third-order valence-electron chi connectivity index (χ3n) is 4.09. The van der Waals surface area contributed by atoms with Crippen molar-refractivity contribution in [3.8, 4) is 17.3 Å². The number of nitrogens with one attached hydrogen (secondary N) is 2. The van der Waals surface area contributed by atoms with Gasteiger partial charge in [0.25, 0.3) is 5.91 Å². The Morgan fingerprint density at radius 3 is 2.45 bits per heavy atom. The molecule has 0 bridgehead atoms. The van der Waals surface area contributed by atoms with Gasteiger partial charge in [-0.3, -0.25) is 10.1 Å². The van der Waals surface area contributed by atoms with Crippen molar-refractivity contribution in [3.05, 3.63) is 76.5 Å². The maximum Gasteiger partial charge on any atom is 0.269 e. The number of nitriles is 1. The molecule has 0 spiro atoms. The van der Waals surface area contributed by atoms with Crippen LogP contribution in [0.15, 0.2) is 66.0 Å². The van der Waals surface area contributed by atoms with Crippen LogP contribution in [0, 0.1) is 11.3 Å². The number of anilines is 4. The van der Waals surface area contributed by atoms with E-state index >= 15 is 0 Å². The number of benzene rings is 2. The quantitative estimate of drug-likeness (QED) is 0.408. The number of thiazole rings is 1. The first-order valence-corrected chi connectivity index (χ1v) is 10.3. The summed E-state index contributed by atoms with van der Waals surface area (Å²) in [5.74, 6) is -0.390. The number of carbonyl (C=O) groups is 1. The summed E-state index contributed by atoms with van der Waals surface area (Å²) in [6, 6.07) is 21.2. The highest BCUT2D eigenvalue weighted by atomic mass is 32.1. The van der Waals surface area contributed by atoms with Gasteiger partial charge in [0, 0.05) is 16.6 Å². The number of rotatable bonds is 5. The Hall–Kier alpha value is -3.67. The fourth-order valence-electron chi connectivity index (χ4n) is 2.69. The van der Waals surface area contributed by atoms with E-state index in [1.54, 1.807) is 0 Å². The Morgan fingerprint density at radius 2 is 1.76 bits per heavy atom. The zero-order valence-electron chi connectivity index (χ0n) is 15.0. The third-order valence-corrected chi connectivity index (χ3v) is 5.97. The normalized spacial score (nSPS) is 10.3. The van der Waals surface area contributed by atoms with Gasteiger partial charge in [0.1, 0.15) is 21.5 Å². The fraction of sp³-hybridized carbons (Fsp3) is 0. The predicted octanol–water partition coefficient (Wildman–Crippen LogP) is 5.32. The Morgan fingerprint density at radius 1 is 1.07 bits per heavy atom. The molecule has 0 saturated carbocycles. The van der Waals surface area contributed by atoms with Gasteiger partial charge in [-0.15, -0.1) is 22.7 Å². The van der Waals surface area contributed by atoms with Crippen LogP contribution in [-0.2, 0) is 0 Å². The van der Waals surface area contributed by atoms with Gasteiger partial charge in [-0.1, -0.05) is 48.5 Å². The maximum absolute atomic E-state index is 12.8. The second-order valence-electron chi connectivity index (χ2n) is 6.01. The fourth-order valence-corrected chi connectivity index (χ4v) is 4.39. The van der Waals surface area contributed by atoms with E-state index in [0.717, 1.165) is 28.3 Å². The zero-order valence-corrected chi connectivity index (χ0v) is 16.7. The second kappa shape index (κ2) is 8.14. The molecule has 142 valence electrons. The van der Waals surface area contributed by atoms with Gasteiger partial charge >= 0.3 is 0 Å². The number of thiophene rings is 1. The van der Waals surface area contributed by atoms with Gasteiger partial charge in [0.05, 0.1) is 11.4 Å². The van der Waals surface area contributed by atoms with E-state index in [1.807, 2.05) is 66.0 Å². The first-order chi connectivity index (χ1) is 14.2. The molecule has 2 aromatic heterocycles. The molecule has 0 atom stereocenters. The second-order valence-corrected chi connectivity index (χ2v) is 7.89. The number of nitrogens with two attached hydrogens (primary N) is 1. The molecule has 0 aliphatic rings. The van der Waals surface area contributed by atoms with Crippen molar-refractivity contribution in [1.82, 2.24) is 4.98 Å². The molecule has 0 saturated heterocycles. The summed E-state index contributed by atoms with van der Waals surface area (Å²) < 4.78 is 0. The van der Waals surface area contributed by atoms with Crippen LogP contribution in [-0.4, -0.2) is 10.9 Å². The molecule has 4 N–H and O–H groups in total. The summed E-state index contributed by atoms with van der Waals surface area (Å²) in [6.07, 6.45) is 0. The highest BCUT2D eigenvalue weighted by Gasteiger charge is 2.22. The lowest BCUT2D eigenvalue weighted by atomic mass is 10.2. The van der Waals surface area contributed by atoms with Crippen LogP contribution in [0.25, 0.3) is 11.3 Å². The molecule has 2 aromatic carbocycles. The van der Waals surface area contributed by atoms with Gasteiger partial charge in [-0.25, -0.2) is 4.98 Å². The summed E-state index contributed by atoms with van der Waals surface area (Å²) in [5.41, 5.74) is 9.08. The summed E-state index contributed by atoms with van der Waals surface area (Å²) >= 11 is 2.48. The molecule has 0 unspecified atom stereocenters. The Labute approximate surface area is 175 Å². The van der Waals surface area contributed by atoms with Crippen LogP contribution in [0.3, 0.4) is 0 Å². The minimum absolute atomic E-state index is 0.160. The lowest BCUT2D eigenvalue weighted by Gasteiger charge is -2.03. The first kappa shape index (κ1) is 18.7. The van der Waals surface area contributed by atoms with E-state index in [2.05, 4.69) is 21.7 Å². The smallest absolute Gasteiger partial charge is 0.269 e. The van der Waals surface area contributed by atoms with Gasteiger partial charge in [0.2, 0.25) is 0 Å². The van der Waals surface area contributed by atoms with Gasteiger partial charge in [0.15, 0.2) is 5.13 Å². The summed E-state index contributed by atoms with van der Waals surface area (Å²) in [7, 11) is 0. The standard InChI is InChI=1S/C21H15N5OS2/c22-11-15-17(23)18(29-20(15)24-14-9-5-2-6-10-14)19(27)26-21-25-16(12-28-21)13-7-3-1-4-8-13/h1-10,12,24H,23H2,(H,25,26,27). The first-order valence-electron chi connectivity index (χ1n) is 8.62. The molecule has 0 fully saturated rings. The van der Waals surface area contributed by atoms with Gasteiger partial charge in [-0.2, -0.15) is 5.26 Å². The monoisotopic (exact) mass is 417 g/mol. The van der Waals surface area contributed by atoms with E-state index in [0.29, 0.717) is 10.1 Å². The predicted molar refractivity (Wildman–Crippen MR) is 119 cm³/mol. The number of hydrogen-bond donors (Lipinski definition) is 3. The van der Waals surface area contributed by atoms with Crippen LogP contribution in [0.1, 0.15) is 15.2 Å². The van der Waals surface area contributed by atoms with Gasteiger partial charge < -0.3 is 11.1 Å². The lowest BCUT2D eigenvalue weighted by Crippen LogP contribution is -2.12. The summed E-state index contributed by atoms with van der Waals surface area (Å²) in [6.45, 7) is 0. The topological polar surface area (TPSA) is 104 Å². The van der Waals surface area contributed by atoms with Crippen molar-refractivity contribution in [2.75, 3.05) is 16.4 Å². The molecular formula is C21H15N5OS2. The third kappa shape index (κ3) is 3.96. The van der Waals surface area contributed by atoms with Crippen LogP contribution >= 0.6 is 22.7 Å². The van der Waals surface area contributed by atoms with Gasteiger partial charge in [-0.05, 0) is 12.1 Å². The molecule has 2 heterocycles. The number of aromatic nitrogens is 1. The van der Waals surface area contributed by atoms with Crippen molar-refractivity contribution in [1.29, 1.82) is 5.26 Å². The molecule has 4 rings (SSSR count). The molecule has 29 heavy (non-hydrogen) atoms. The van der Waals surface area contributed by atoms with Crippen molar-refractivity contribution >= 4 is 50.1 Å². The van der Waals surface area contributed by atoms with Crippen molar-refractivity contribution in [2.45, 2.75) is 0 Å². The van der Waals surface area contributed by atoms with E-state index in [9.17, 15) is 10.1 Å². The minimum Gasteiger partial charge on any atom is -0.396 e. The Bertz CT molecular complexity index is 1190. The average Bonchev–Trinajstić information content (AvgIpc) is 3.33. The van der Waals surface area contributed by atoms with Crippen LogP contribution in [0.2, 0.25) is 0 Å². The van der Waals surface area contributed by atoms with Crippen LogP contribution in [0.4, 0.5) is 21.5 Å². The van der Waals surface area contributed by atoms with E-state index in [4.69, 9.17) is 5.73 Å². The Balaban J connectivity index is 1.56. The van der Waals surface area contributed by atoms with Crippen molar-refractivity contribution < 1.29 is 4.79 Å². The molecule has 6 nitrogen and oxygen atoms in total. The molecule has 8 heteroatoms. The molecular weight excluding hydrogens is 402 g/mol. The van der Waals surface area contributed by atoms with E-state index in [1.165, 1.54) is 11.3 Å². The number of hydrogen-bond acceptors (Lipinski definition) is 7. The Kier molecular flexibility index (Phi) is 5.24. The van der Waals surface area contributed by atoms with Crippen molar-refractivity contribution in [3.63, 3.8) is 0 Å². The van der Waals surface area contributed by atoms with Crippen LogP contribution < -0.4 is 16.4 Å². The maximum atomic E-state index is 12.8. The highest BCUT2D eigenvalue weighted by Crippen LogP contribution is 2.37. The van der Waals surface area contributed by atoms with Crippen molar-refractivity contribution in [2.24, 2.45) is 0 Å². The minimum atomic E-state index is -0.390. The SMILES string of the molecule is N#Cc1c(Nc2ccccc2)sc(C(=O)Nc2nc(-c3ccccc3)cs2)c1N. The lowest BCUT2D eigenvalue weighted by molar-refractivity contribution is 0.103. The largest absolute Gasteiger partial charge is 0.396 e. The van der Waals surface area contributed by atoms with E-state index in [-0.39, 0.29) is 22.0 Å².